The Bertz CT molecular complexity index is 1020. The van der Waals surface area contributed by atoms with E-state index in [0.717, 1.165) is 33.5 Å². The molecule has 2 aromatic carbocycles. The summed E-state index contributed by atoms with van der Waals surface area (Å²) in [6.07, 6.45) is 1.17. The van der Waals surface area contributed by atoms with Gasteiger partial charge in [0.05, 0.1) is 18.4 Å². The summed E-state index contributed by atoms with van der Waals surface area (Å²) < 4.78 is 5.54. The third-order valence-corrected chi connectivity index (χ3v) is 3.97. The fraction of sp³-hybridized carbons (Fsp3) is 0.250. The van der Waals surface area contributed by atoms with Crippen molar-refractivity contribution in [2.75, 3.05) is 7.11 Å². The Labute approximate surface area is 186 Å². The number of fused-ring (bicyclic) bond motifs is 1. The molecule has 0 aliphatic rings. The van der Waals surface area contributed by atoms with Gasteiger partial charge in [0.25, 0.3) is 0 Å². The van der Waals surface area contributed by atoms with Crippen LogP contribution >= 0.6 is 0 Å². The summed E-state index contributed by atoms with van der Waals surface area (Å²) in [5.41, 5.74) is 6.33. The Balaban J connectivity index is 0.000000456. The van der Waals surface area contributed by atoms with Crippen molar-refractivity contribution in [3.8, 4) is 17.0 Å². The third-order valence-electron chi connectivity index (χ3n) is 3.97. The molecule has 1 heterocycles. The predicted octanol–water partition coefficient (Wildman–Crippen LogP) is 5.67. The average molecular weight is 569 g/mol. The fourth-order valence-electron chi connectivity index (χ4n) is 2.94. The molecule has 3 aromatic rings. The number of carbonyl (C=O) groups excluding carboxylic acids is 1. The molecule has 155 valence electrons. The topological polar surface area (TPSA) is 59.4 Å². The molecule has 0 bridgehead atoms. The first-order chi connectivity index (χ1) is 13.2. The van der Waals surface area contributed by atoms with Crippen molar-refractivity contribution >= 4 is 16.7 Å². The summed E-state index contributed by atoms with van der Waals surface area (Å²) >= 11 is 0. The molecule has 0 saturated carbocycles. The minimum atomic E-state index is -0.125. The third kappa shape index (κ3) is 7.12. The number of rotatable bonds is 3. The molecule has 0 aliphatic carbocycles. The smallest absolute Gasteiger partial charge is 0.155 e. The summed E-state index contributed by atoms with van der Waals surface area (Å²) in [7, 11) is 1.69. The zero-order chi connectivity index (χ0) is 20.8. The van der Waals surface area contributed by atoms with E-state index >= 15 is 0 Å². The van der Waals surface area contributed by atoms with E-state index < -0.39 is 0 Å². The minimum Gasteiger partial charge on any atom is -0.512 e. The first-order valence-corrected chi connectivity index (χ1v) is 9.03. The number of nitrogens with zero attached hydrogens (tertiary/aromatic N) is 1. The van der Waals surface area contributed by atoms with Gasteiger partial charge in [-0.2, -0.15) is 0 Å². The number of methoxy groups -OCH3 is 1. The number of hydrogen-bond acceptors (Lipinski definition) is 4. The maximum Gasteiger partial charge on any atom is 0.155 e. The van der Waals surface area contributed by atoms with Gasteiger partial charge in [0.15, 0.2) is 5.78 Å². The second-order valence-corrected chi connectivity index (χ2v) is 6.89. The van der Waals surface area contributed by atoms with Crippen molar-refractivity contribution in [1.82, 2.24) is 4.98 Å². The Morgan fingerprint density at radius 1 is 1.07 bits per heavy atom. The quantitative estimate of drug-likeness (QED) is 0.251. The van der Waals surface area contributed by atoms with Crippen LogP contribution in [0.2, 0.25) is 0 Å². The standard InChI is InChI=1S/C19H18NO.C5H8O2.Ir/c1-12-5-6-17-15(8-12)11-18(21-4)19(20-17)16-9-13(2)7-14(3)10-16;1-4(6)3-5(2)7;/h5-9,11H,1-4H3;3,6H,1-2H3;/q-1;;/b;4-3-;. The van der Waals surface area contributed by atoms with E-state index in [1.807, 2.05) is 6.92 Å². The van der Waals surface area contributed by atoms with Gasteiger partial charge in [0, 0.05) is 37.3 Å². The Hall–Kier alpha value is -2.49. The molecule has 5 heteroatoms. The Morgan fingerprint density at radius 2 is 1.76 bits per heavy atom. The van der Waals surface area contributed by atoms with Gasteiger partial charge < -0.3 is 9.84 Å². The fourth-order valence-corrected chi connectivity index (χ4v) is 2.94. The number of ether oxygens (including phenoxy) is 1. The number of pyridine rings is 1. The number of benzene rings is 2. The second-order valence-electron chi connectivity index (χ2n) is 6.89. The van der Waals surface area contributed by atoms with Crippen molar-refractivity contribution < 1.29 is 34.7 Å². The van der Waals surface area contributed by atoms with Gasteiger partial charge in [-0.05, 0) is 39.0 Å². The monoisotopic (exact) mass is 569 g/mol. The zero-order valence-corrected chi connectivity index (χ0v) is 20.0. The number of aromatic nitrogens is 1. The molecule has 1 N–H and O–H groups in total. The van der Waals surface area contributed by atoms with Gasteiger partial charge in [-0.15, -0.1) is 34.9 Å². The molecule has 0 saturated heterocycles. The number of hydrogen-bond donors (Lipinski definition) is 1. The molecule has 0 aliphatic heterocycles. The number of allylic oxidation sites excluding steroid dienone is 2. The molecule has 0 atom stereocenters. The van der Waals surface area contributed by atoms with E-state index in [9.17, 15) is 4.79 Å². The van der Waals surface area contributed by atoms with Gasteiger partial charge >= 0.3 is 0 Å². The summed E-state index contributed by atoms with van der Waals surface area (Å²) in [6, 6.07) is 15.9. The van der Waals surface area contributed by atoms with Crippen molar-refractivity contribution in [2.24, 2.45) is 0 Å². The molecule has 0 amide bonds. The van der Waals surface area contributed by atoms with Crippen LogP contribution in [-0.2, 0) is 24.9 Å². The maximum absolute atomic E-state index is 10.0. The zero-order valence-electron chi connectivity index (χ0n) is 17.6. The molecular weight excluding hydrogens is 542 g/mol. The molecule has 1 aromatic heterocycles. The summed E-state index contributed by atoms with van der Waals surface area (Å²) in [6.45, 7) is 9.06. The van der Waals surface area contributed by atoms with Crippen molar-refractivity contribution in [2.45, 2.75) is 34.6 Å². The molecule has 1 radical (unpaired) electrons. The normalized spacial score (nSPS) is 10.6. The number of aryl methyl sites for hydroxylation is 3. The van der Waals surface area contributed by atoms with Crippen LogP contribution in [0.15, 0.2) is 48.2 Å². The van der Waals surface area contributed by atoms with Crippen molar-refractivity contribution in [3.05, 3.63) is 71.0 Å². The van der Waals surface area contributed by atoms with Crippen LogP contribution in [0, 0.1) is 26.8 Å². The van der Waals surface area contributed by atoms with Gasteiger partial charge in [0.1, 0.15) is 5.75 Å². The second kappa shape index (κ2) is 10.9. The van der Waals surface area contributed by atoms with Crippen LogP contribution in [0.1, 0.15) is 30.5 Å². The number of carbonyl (C=O) groups is 1. The van der Waals surface area contributed by atoms with Gasteiger partial charge in [-0.3, -0.25) is 9.78 Å². The first-order valence-electron chi connectivity index (χ1n) is 9.03. The minimum absolute atomic E-state index is 0. The number of ketones is 1. The predicted molar refractivity (Wildman–Crippen MR) is 114 cm³/mol. The number of aliphatic hydroxyl groups excluding tert-OH is 1. The van der Waals surface area contributed by atoms with Gasteiger partial charge in [-0.25, -0.2) is 0 Å². The van der Waals surface area contributed by atoms with Crippen molar-refractivity contribution in [1.29, 1.82) is 0 Å². The SMILES string of the molecule is CC(=O)/C=C(/C)O.COc1cc2cc(C)ccc2nc1-c1[c-]c(C)cc(C)c1.[Ir]. The molecule has 0 spiro atoms. The average Bonchev–Trinajstić information content (AvgIpc) is 2.59. The van der Waals surface area contributed by atoms with Crippen LogP contribution < -0.4 is 4.74 Å². The Kier molecular flexibility index (Phi) is 9.22. The molecule has 4 nitrogen and oxygen atoms in total. The van der Waals surface area contributed by atoms with Crippen LogP contribution in [0.3, 0.4) is 0 Å². The van der Waals surface area contributed by atoms with E-state index in [-0.39, 0.29) is 31.6 Å². The van der Waals surface area contributed by atoms with E-state index in [0.29, 0.717) is 0 Å². The van der Waals surface area contributed by atoms with Crippen molar-refractivity contribution in [3.63, 3.8) is 0 Å². The Morgan fingerprint density at radius 3 is 2.28 bits per heavy atom. The van der Waals surface area contributed by atoms with E-state index in [4.69, 9.17) is 14.8 Å². The van der Waals surface area contributed by atoms with E-state index in [2.05, 4.69) is 56.3 Å². The molecule has 29 heavy (non-hydrogen) atoms. The molecule has 0 fully saturated rings. The summed E-state index contributed by atoms with van der Waals surface area (Å²) in [5.74, 6) is 0.724. The number of aliphatic hydroxyl groups is 1. The van der Waals surface area contributed by atoms with Gasteiger partial charge in [-0.1, -0.05) is 25.5 Å². The van der Waals surface area contributed by atoms with Crippen LogP contribution in [0.4, 0.5) is 0 Å². The van der Waals surface area contributed by atoms with Crippen LogP contribution in [0.5, 0.6) is 5.75 Å². The first kappa shape index (κ1) is 24.5. The van der Waals surface area contributed by atoms with Crippen LogP contribution in [-0.4, -0.2) is 23.0 Å². The summed E-state index contributed by atoms with van der Waals surface area (Å²) in [4.78, 5) is 14.8. The molecule has 0 unspecified atom stereocenters. The maximum atomic E-state index is 10.0. The summed E-state index contributed by atoms with van der Waals surface area (Å²) in [5, 5.41) is 9.46. The van der Waals surface area contributed by atoms with Gasteiger partial charge in [0.2, 0.25) is 0 Å². The molecular formula is C24H26IrNO3-. The molecule has 3 rings (SSSR count). The van der Waals surface area contributed by atoms with E-state index in [1.165, 1.54) is 31.1 Å². The van der Waals surface area contributed by atoms with E-state index in [1.54, 1.807) is 7.11 Å². The largest absolute Gasteiger partial charge is 0.512 e. The van der Waals surface area contributed by atoms with Crippen LogP contribution in [0.25, 0.3) is 22.2 Å².